The topological polar surface area (TPSA) is 23.5 Å². The lowest BCUT2D eigenvalue weighted by atomic mass is 9.93. The van der Waals surface area contributed by atoms with Gasteiger partial charge >= 0.3 is 0 Å². The number of aliphatic hydroxyl groups excluding tert-OH is 1. The first-order chi connectivity index (χ1) is 6.05. The monoisotopic (exact) mass is 185 g/mol. The fraction of sp³-hybridized carbons (Fsp3) is 1.00. The van der Waals surface area contributed by atoms with Gasteiger partial charge in [0.25, 0.3) is 0 Å². The van der Waals surface area contributed by atoms with E-state index in [9.17, 15) is 0 Å². The molecule has 0 radical (unpaired) electrons. The summed E-state index contributed by atoms with van der Waals surface area (Å²) < 4.78 is 0. The van der Waals surface area contributed by atoms with Gasteiger partial charge in [-0.15, -0.1) is 0 Å². The lowest BCUT2D eigenvalue weighted by molar-refractivity contribution is 0.0383. The first kappa shape index (κ1) is 11.0. The number of nitrogens with zero attached hydrogens (tertiary/aromatic N) is 1. The van der Waals surface area contributed by atoms with Crippen LogP contribution in [0.3, 0.4) is 0 Å². The Morgan fingerprint density at radius 2 is 2.00 bits per heavy atom. The summed E-state index contributed by atoms with van der Waals surface area (Å²) in [5, 5.41) is 8.98. The van der Waals surface area contributed by atoms with Gasteiger partial charge in [-0.3, -0.25) is 4.90 Å². The van der Waals surface area contributed by atoms with Gasteiger partial charge in [-0.2, -0.15) is 0 Å². The predicted octanol–water partition coefficient (Wildman–Crippen LogP) is 2.02. The summed E-state index contributed by atoms with van der Waals surface area (Å²) in [6, 6.07) is 0.610. The van der Waals surface area contributed by atoms with Crippen molar-refractivity contribution in [2.75, 3.05) is 13.2 Å². The molecule has 1 unspecified atom stereocenters. The van der Waals surface area contributed by atoms with E-state index in [2.05, 4.69) is 25.7 Å². The van der Waals surface area contributed by atoms with Gasteiger partial charge in [-0.05, 0) is 46.6 Å². The number of rotatable bonds is 2. The predicted molar refractivity (Wildman–Crippen MR) is 55.8 cm³/mol. The van der Waals surface area contributed by atoms with Crippen molar-refractivity contribution in [1.82, 2.24) is 4.90 Å². The SMILES string of the molecule is CC(C)(C)N1CCCCC1CCO. The van der Waals surface area contributed by atoms with Crippen molar-refractivity contribution in [3.05, 3.63) is 0 Å². The molecule has 1 atom stereocenters. The van der Waals surface area contributed by atoms with Crippen LogP contribution in [0.5, 0.6) is 0 Å². The van der Waals surface area contributed by atoms with Crippen LogP contribution in [0.15, 0.2) is 0 Å². The van der Waals surface area contributed by atoms with Gasteiger partial charge in [0, 0.05) is 18.2 Å². The highest BCUT2D eigenvalue weighted by Crippen LogP contribution is 2.26. The average Bonchev–Trinajstić information content (AvgIpc) is 2.04. The average molecular weight is 185 g/mol. The van der Waals surface area contributed by atoms with Crippen molar-refractivity contribution in [1.29, 1.82) is 0 Å². The van der Waals surface area contributed by atoms with Gasteiger partial charge in [0.15, 0.2) is 0 Å². The smallest absolute Gasteiger partial charge is 0.0445 e. The van der Waals surface area contributed by atoms with Crippen LogP contribution in [0.25, 0.3) is 0 Å². The van der Waals surface area contributed by atoms with Crippen LogP contribution >= 0.6 is 0 Å². The molecule has 0 aromatic rings. The second-order valence-corrected chi connectivity index (χ2v) is 5.03. The number of piperidine rings is 1. The van der Waals surface area contributed by atoms with Crippen LogP contribution in [0, 0.1) is 0 Å². The zero-order chi connectivity index (χ0) is 9.90. The molecule has 1 fully saturated rings. The molecule has 2 heteroatoms. The minimum Gasteiger partial charge on any atom is -0.396 e. The summed E-state index contributed by atoms with van der Waals surface area (Å²) in [4.78, 5) is 2.55. The summed E-state index contributed by atoms with van der Waals surface area (Å²) in [7, 11) is 0. The third-order valence-electron chi connectivity index (χ3n) is 2.95. The van der Waals surface area contributed by atoms with E-state index in [1.807, 2.05) is 0 Å². The Morgan fingerprint density at radius 1 is 1.31 bits per heavy atom. The van der Waals surface area contributed by atoms with E-state index in [1.165, 1.54) is 25.8 Å². The van der Waals surface area contributed by atoms with Crippen LogP contribution in [0.1, 0.15) is 46.5 Å². The third-order valence-corrected chi connectivity index (χ3v) is 2.95. The quantitative estimate of drug-likeness (QED) is 0.711. The Morgan fingerprint density at radius 3 is 2.54 bits per heavy atom. The van der Waals surface area contributed by atoms with Crippen LogP contribution in [0.4, 0.5) is 0 Å². The Bertz CT molecular complexity index is 149. The molecule has 1 aliphatic heterocycles. The van der Waals surface area contributed by atoms with Gasteiger partial charge in [-0.25, -0.2) is 0 Å². The Hall–Kier alpha value is -0.0800. The molecule has 78 valence electrons. The van der Waals surface area contributed by atoms with Gasteiger partial charge in [0.05, 0.1) is 0 Å². The van der Waals surface area contributed by atoms with E-state index in [4.69, 9.17) is 5.11 Å². The first-order valence-electron chi connectivity index (χ1n) is 5.43. The Labute approximate surface area is 81.9 Å². The number of likely N-dealkylation sites (tertiary alicyclic amines) is 1. The molecule has 2 nitrogen and oxygen atoms in total. The van der Waals surface area contributed by atoms with E-state index in [0.29, 0.717) is 12.6 Å². The molecule has 0 spiro atoms. The Balaban J connectivity index is 2.56. The van der Waals surface area contributed by atoms with E-state index >= 15 is 0 Å². The zero-order valence-electron chi connectivity index (χ0n) is 9.21. The lowest BCUT2D eigenvalue weighted by Crippen LogP contribution is -2.50. The van der Waals surface area contributed by atoms with Gasteiger partial charge in [0.2, 0.25) is 0 Å². The number of hydrogen-bond donors (Lipinski definition) is 1. The minimum atomic E-state index is 0.264. The van der Waals surface area contributed by atoms with Crippen LogP contribution in [-0.4, -0.2) is 34.7 Å². The third kappa shape index (κ3) is 2.96. The summed E-state index contributed by atoms with van der Waals surface area (Å²) in [5.41, 5.74) is 0.264. The van der Waals surface area contributed by atoms with Crippen molar-refractivity contribution < 1.29 is 5.11 Å². The highest BCUT2D eigenvalue weighted by molar-refractivity contribution is 4.85. The maximum absolute atomic E-state index is 8.98. The molecular formula is C11H23NO. The van der Waals surface area contributed by atoms with E-state index in [0.717, 1.165) is 6.42 Å². The molecular weight excluding hydrogens is 162 g/mol. The van der Waals surface area contributed by atoms with Gasteiger partial charge < -0.3 is 5.11 Å². The molecule has 0 aromatic carbocycles. The summed E-state index contributed by atoms with van der Waals surface area (Å²) in [6.07, 6.45) is 4.85. The highest BCUT2D eigenvalue weighted by Gasteiger charge is 2.30. The standard InChI is InChI=1S/C11H23NO/c1-11(2,3)12-8-5-4-6-10(12)7-9-13/h10,13H,4-9H2,1-3H3. The van der Waals surface area contributed by atoms with Crippen molar-refractivity contribution in [2.45, 2.75) is 58.0 Å². The van der Waals surface area contributed by atoms with Crippen LogP contribution in [-0.2, 0) is 0 Å². The fourth-order valence-electron chi connectivity index (χ4n) is 2.33. The highest BCUT2D eigenvalue weighted by atomic mass is 16.3. The maximum Gasteiger partial charge on any atom is 0.0445 e. The van der Waals surface area contributed by atoms with Crippen molar-refractivity contribution in [3.8, 4) is 0 Å². The molecule has 0 aromatic heterocycles. The summed E-state index contributed by atoms with van der Waals surface area (Å²) >= 11 is 0. The van der Waals surface area contributed by atoms with E-state index in [-0.39, 0.29) is 5.54 Å². The minimum absolute atomic E-state index is 0.264. The second kappa shape index (κ2) is 4.43. The summed E-state index contributed by atoms with van der Waals surface area (Å²) in [6.45, 7) is 8.33. The molecule has 1 rings (SSSR count). The summed E-state index contributed by atoms with van der Waals surface area (Å²) in [5.74, 6) is 0. The number of hydrogen-bond acceptors (Lipinski definition) is 2. The van der Waals surface area contributed by atoms with Gasteiger partial charge in [0.1, 0.15) is 0 Å². The zero-order valence-corrected chi connectivity index (χ0v) is 9.21. The molecule has 13 heavy (non-hydrogen) atoms. The molecule has 0 aliphatic carbocycles. The normalized spacial score (nSPS) is 26.3. The van der Waals surface area contributed by atoms with Crippen molar-refractivity contribution in [3.63, 3.8) is 0 Å². The van der Waals surface area contributed by atoms with Gasteiger partial charge in [-0.1, -0.05) is 6.42 Å². The number of aliphatic hydroxyl groups is 1. The van der Waals surface area contributed by atoms with E-state index < -0.39 is 0 Å². The molecule has 1 N–H and O–H groups in total. The molecule has 0 saturated carbocycles. The molecule has 1 heterocycles. The molecule has 0 amide bonds. The van der Waals surface area contributed by atoms with Crippen LogP contribution in [0.2, 0.25) is 0 Å². The molecule has 1 saturated heterocycles. The Kier molecular flexibility index (Phi) is 3.74. The molecule has 1 aliphatic rings. The second-order valence-electron chi connectivity index (χ2n) is 5.03. The van der Waals surface area contributed by atoms with Crippen molar-refractivity contribution >= 4 is 0 Å². The van der Waals surface area contributed by atoms with E-state index in [1.54, 1.807) is 0 Å². The maximum atomic E-state index is 8.98. The first-order valence-corrected chi connectivity index (χ1v) is 5.43. The lowest BCUT2D eigenvalue weighted by Gasteiger charge is -2.44. The van der Waals surface area contributed by atoms with Crippen LogP contribution < -0.4 is 0 Å². The van der Waals surface area contributed by atoms with Crippen molar-refractivity contribution in [2.24, 2.45) is 0 Å². The molecule has 0 bridgehead atoms. The largest absolute Gasteiger partial charge is 0.396 e. The fourth-order valence-corrected chi connectivity index (χ4v) is 2.33.